The maximum Gasteiger partial charge on any atom is 0.253 e. The number of hydrogen-bond acceptors (Lipinski definition) is 3. The molecule has 0 aliphatic heterocycles. The van der Waals surface area contributed by atoms with Crippen molar-refractivity contribution in [1.29, 1.82) is 0 Å². The monoisotopic (exact) mass is 219 g/mol. The molecule has 1 aliphatic rings. The van der Waals surface area contributed by atoms with E-state index >= 15 is 0 Å². The summed E-state index contributed by atoms with van der Waals surface area (Å²) in [6.45, 7) is 0. The number of anilines is 2. The van der Waals surface area contributed by atoms with Crippen molar-refractivity contribution in [1.82, 2.24) is 5.32 Å². The van der Waals surface area contributed by atoms with E-state index in [0.29, 0.717) is 17.3 Å². The number of nitrogens with two attached hydrogens (primary N) is 1. The number of nitrogens with one attached hydrogen (secondary N) is 1. The van der Waals surface area contributed by atoms with Gasteiger partial charge in [0.05, 0.1) is 5.56 Å². The van der Waals surface area contributed by atoms with E-state index in [-0.39, 0.29) is 5.91 Å². The molecule has 0 aromatic heterocycles. The molecule has 4 nitrogen and oxygen atoms in total. The molecule has 1 aromatic carbocycles. The fraction of sp³-hybridized carbons (Fsp3) is 0.417. The molecule has 4 heteroatoms. The number of benzene rings is 1. The molecule has 0 bridgehead atoms. The van der Waals surface area contributed by atoms with Crippen LogP contribution in [-0.2, 0) is 0 Å². The molecule has 0 radical (unpaired) electrons. The number of rotatable bonds is 3. The van der Waals surface area contributed by atoms with E-state index in [1.807, 2.05) is 31.1 Å². The van der Waals surface area contributed by atoms with Crippen LogP contribution in [0.1, 0.15) is 23.2 Å². The Morgan fingerprint density at radius 1 is 1.44 bits per heavy atom. The van der Waals surface area contributed by atoms with E-state index in [9.17, 15) is 4.79 Å². The van der Waals surface area contributed by atoms with Crippen LogP contribution >= 0.6 is 0 Å². The molecule has 1 fully saturated rings. The van der Waals surface area contributed by atoms with Gasteiger partial charge in [-0.15, -0.1) is 0 Å². The van der Waals surface area contributed by atoms with Crippen LogP contribution in [0.5, 0.6) is 0 Å². The smallest absolute Gasteiger partial charge is 0.253 e. The minimum absolute atomic E-state index is 0.0660. The second-order valence-corrected chi connectivity index (χ2v) is 4.41. The van der Waals surface area contributed by atoms with Gasteiger partial charge in [-0.1, -0.05) is 0 Å². The van der Waals surface area contributed by atoms with Crippen LogP contribution in [0.25, 0.3) is 0 Å². The van der Waals surface area contributed by atoms with Crippen molar-refractivity contribution in [3.63, 3.8) is 0 Å². The summed E-state index contributed by atoms with van der Waals surface area (Å²) in [4.78, 5) is 13.8. The normalized spacial score (nSPS) is 14.6. The minimum Gasteiger partial charge on any atom is -0.398 e. The number of carbonyl (C=O) groups excluding carboxylic acids is 1. The quantitative estimate of drug-likeness (QED) is 0.752. The van der Waals surface area contributed by atoms with Gasteiger partial charge in [-0.2, -0.15) is 0 Å². The lowest BCUT2D eigenvalue weighted by Crippen LogP contribution is -2.26. The van der Waals surface area contributed by atoms with Crippen LogP contribution < -0.4 is 16.0 Å². The first-order valence-electron chi connectivity index (χ1n) is 5.45. The summed E-state index contributed by atoms with van der Waals surface area (Å²) in [6, 6.07) is 5.86. The van der Waals surface area contributed by atoms with Crippen molar-refractivity contribution in [3.8, 4) is 0 Å². The van der Waals surface area contributed by atoms with Crippen LogP contribution in [0.3, 0.4) is 0 Å². The third kappa shape index (κ3) is 2.27. The number of carbonyl (C=O) groups is 1. The Kier molecular flexibility index (Phi) is 2.73. The Hall–Kier alpha value is -1.71. The number of hydrogen-bond donors (Lipinski definition) is 2. The molecule has 1 aliphatic carbocycles. The summed E-state index contributed by atoms with van der Waals surface area (Å²) in [6.07, 6.45) is 2.16. The summed E-state index contributed by atoms with van der Waals surface area (Å²) in [5.41, 5.74) is 7.89. The van der Waals surface area contributed by atoms with E-state index < -0.39 is 0 Å². The predicted octanol–water partition coefficient (Wildman–Crippen LogP) is 1.23. The molecule has 0 spiro atoms. The molecule has 86 valence electrons. The molecule has 0 saturated heterocycles. The van der Waals surface area contributed by atoms with Crippen LogP contribution in [0.15, 0.2) is 18.2 Å². The molecule has 2 rings (SSSR count). The maximum atomic E-state index is 11.9. The second kappa shape index (κ2) is 4.04. The van der Waals surface area contributed by atoms with Gasteiger partial charge in [0.15, 0.2) is 0 Å². The fourth-order valence-corrected chi connectivity index (χ4v) is 1.51. The molecule has 1 aromatic rings. The van der Waals surface area contributed by atoms with Gasteiger partial charge in [-0.3, -0.25) is 4.79 Å². The zero-order valence-corrected chi connectivity index (χ0v) is 9.66. The standard InChI is InChI=1S/C12H17N3O/c1-15(2)9-5-6-11(13)10(7-9)12(16)14-8-3-4-8/h5-8H,3-4,13H2,1-2H3,(H,14,16). The maximum absolute atomic E-state index is 11.9. The molecule has 1 saturated carbocycles. The summed E-state index contributed by atoms with van der Waals surface area (Å²) in [7, 11) is 3.88. The highest BCUT2D eigenvalue weighted by molar-refractivity contribution is 6.00. The zero-order valence-electron chi connectivity index (χ0n) is 9.66. The van der Waals surface area contributed by atoms with Gasteiger partial charge in [0.1, 0.15) is 0 Å². The Labute approximate surface area is 95.4 Å². The fourth-order valence-electron chi connectivity index (χ4n) is 1.51. The number of nitrogens with zero attached hydrogens (tertiary/aromatic N) is 1. The van der Waals surface area contributed by atoms with Gasteiger partial charge in [0.25, 0.3) is 5.91 Å². The largest absolute Gasteiger partial charge is 0.398 e. The average molecular weight is 219 g/mol. The minimum atomic E-state index is -0.0660. The van der Waals surface area contributed by atoms with E-state index in [4.69, 9.17) is 5.73 Å². The topological polar surface area (TPSA) is 58.4 Å². The summed E-state index contributed by atoms with van der Waals surface area (Å²) < 4.78 is 0. The Bertz CT molecular complexity index is 411. The molecular weight excluding hydrogens is 202 g/mol. The van der Waals surface area contributed by atoms with Crippen molar-refractivity contribution in [3.05, 3.63) is 23.8 Å². The first kappa shape index (κ1) is 10.8. The SMILES string of the molecule is CN(C)c1ccc(N)c(C(=O)NC2CC2)c1. The van der Waals surface area contributed by atoms with Crippen LogP contribution in [0.2, 0.25) is 0 Å². The molecule has 16 heavy (non-hydrogen) atoms. The number of nitrogen functional groups attached to an aromatic ring is 1. The van der Waals surface area contributed by atoms with Crippen molar-refractivity contribution in [2.75, 3.05) is 24.7 Å². The third-order valence-corrected chi connectivity index (χ3v) is 2.71. The third-order valence-electron chi connectivity index (χ3n) is 2.71. The Morgan fingerprint density at radius 3 is 2.69 bits per heavy atom. The highest BCUT2D eigenvalue weighted by Crippen LogP contribution is 2.23. The average Bonchev–Trinajstić information content (AvgIpc) is 3.01. The van der Waals surface area contributed by atoms with Gasteiger partial charge < -0.3 is 16.0 Å². The van der Waals surface area contributed by atoms with E-state index in [0.717, 1.165) is 18.5 Å². The summed E-state index contributed by atoms with van der Waals surface area (Å²) in [5, 5.41) is 2.94. The lowest BCUT2D eigenvalue weighted by atomic mass is 10.1. The molecule has 3 N–H and O–H groups in total. The second-order valence-electron chi connectivity index (χ2n) is 4.41. The van der Waals surface area contributed by atoms with E-state index in [2.05, 4.69) is 5.32 Å². The summed E-state index contributed by atoms with van der Waals surface area (Å²) >= 11 is 0. The first-order chi connectivity index (χ1) is 7.58. The van der Waals surface area contributed by atoms with Gasteiger partial charge in [0.2, 0.25) is 0 Å². The molecule has 0 atom stereocenters. The highest BCUT2D eigenvalue weighted by Gasteiger charge is 2.24. The first-order valence-corrected chi connectivity index (χ1v) is 5.45. The van der Waals surface area contributed by atoms with Crippen LogP contribution in [0, 0.1) is 0 Å². The predicted molar refractivity (Wildman–Crippen MR) is 65.7 cm³/mol. The van der Waals surface area contributed by atoms with Crippen LogP contribution in [0.4, 0.5) is 11.4 Å². The summed E-state index contributed by atoms with van der Waals surface area (Å²) in [5.74, 6) is -0.0660. The van der Waals surface area contributed by atoms with Gasteiger partial charge in [0, 0.05) is 31.5 Å². The van der Waals surface area contributed by atoms with Gasteiger partial charge in [-0.05, 0) is 31.0 Å². The highest BCUT2D eigenvalue weighted by atomic mass is 16.1. The molecule has 0 unspecified atom stereocenters. The van der Waals surface area contributed by atoms with Crippen molar-refractivity contribution < 1.29 is 4.79 Å². The number of amides is 1. The van der Waals surface area contributed by atoms with Crippen molar-refractivity contribution in [2.24, 2.45) is 0 Å². The molecular formula is C12H17N3O. The van der Waals surface area contributed by atoms with Gasteiger partial charge >= 0.3 is 0 Å². The Morgan fingerprint density at radius 2 is 2.12 bits per heavy atom. The van der Waals surface area contributed by atoms with Crippen molar-refractivity contribution in [2.45, 2.75) is 18.9 Å². The van der Waals surface area contributed by atoms with E-state index in [1.54, 1.807) is 6.07 Å². The lowest BCUT2D eigenvalue weighted by Gasteiger charge is -2.15. The lowest BCUT2D eigenvalue weighted by molar-refractivity contribution is 0.0952. The molecule has 1 amide bonds. The van der Waals surface area contributed by atoms with Crippen molar-refractivity contribution >= 4 is 17.3 Å². The Balaban J connectivity index is 2.23. The van der Waals surface area contributed by atoms with E-state index in [1.165, 1.54) is 0 Å². The molecule has 0 heterocycles. The zero-order chi connectivity index (χ0) is 11.7. The van der Waals surface area contributed by atoms with Gasteiger partial charge in [-0.25, -0.2) is 0 Å². The van der Waals surface area contributed by atoms with Crippen LogP contribution in [-0.4, -0.2) is 26.0 Å².